The number of unbranched alkanes of at least 4 members (excludes halogenated alkanes) is 30. The van der Waals surface area contributed by atoms with Crippen molar-refractivity contribution >= 4 is 13.8 Å². The highest BCUT2D eigenvalue weighted by atomic mass is 31.2. The average Bonchev–Trinajstić information content (AvgIpc) is 3.12. The lowest BCUT2D eigenvalue weighted by atomic mass is 10.0. The number of phosphoric acid groups is 1. The van der Waals surface area contributed by atoms with Crippen molar-refractivity contribution in [1.29, 1.82) is 0 Å². The normalized spacial score (nSPS) is 13.4. The molecule has 0 bridgehead atoms. The van der Waals surface area contributed by atoms with E-state index in [0.29, 0.717) is 13.0 Å². The van der Waals surface area contributed by atoms with Gasteiger partial charge >= 0.3 is 13.8 Å². The summed E-state index contributed by atoms with van der Waals surface area (Å²) < 4.78 is 33.3. The molecule has 51 heavy (non-hydrogen) atoms. The summed E-state index contributed by atoms with van der Waals surface area (Å²) in [6.45, 7) is 4.94. The molecule has 0 aromatic carbocycles. The van der Waals surface area contributed by atoms with Gasteiger partial charge in [0, 0.05) is 19.6 Å². The molecule has 0 aliphatic rings. The van der Waals surface area contributed by atoms with Crippen molar-refractivity contribution in [1.82, 2.24) is 0 Å². The molecule has 0 aromatic rings. The van der Waals surface area contributed by atoms with E-state index in [1.807, 2.05) is 0 Å². The van der Waals surface area contributed by atoms with E-state index in [4.69, 9.17) is 24.3 Å². The molecule has 0 spiro atoms. The minimum absolute atomic E-state index is 0.0905. The second-order valence-electron chi connectivity index (χ2n) is 14.9. The zero-order chi connectivity index (χ0) is 37.4. The minimum atomic E-state index is -4.26. The van der Waals surface area contributed by atoms with E-state index in [1.165, 1.54) is 173 Å². The standard InChI is InChI=1S/C42H86NO7P/c1-3-5-7-9-11-13-14-15-16-17-18-19-20-21-22-23-24-25-26-27-28-30-32-34-37-47-39-41(40-49-51(45,46)48-38-36-43)50-42(44)35-33-31-29-12-10-8-6-4-2/h41H,3-40,43H2,1-2H3,(H,45,46). The lowest BCUT2D eigenvalue weighted by molar-refractivity contribution is -0.154. The first-order valence-electron chi connectivity index (χ1n) is 22.0. The van der Waals surface area contributed by atoms with Crippen LogP contribution in [0.5, 0.6) is 0 Å². The lowest BCUT2D eigenvalue weighted by Crippen LogP contribution is -2.28. The predicted octanol–water partition coefficient (Wildman–Crippen LogP) is 12.9. The van der Waals surface area contributed by atoms with Gasteiger partial charge in [-0.1, -0.05) is 206 Å². The number of nitrogens with two attached hydrogens (primary N) is 1. The summed E-state index contributed by atoms with van der Waals surface area (Å²) in [6.07, 6.45) is 41.5. The van der Waals surface area contributed by atoms with Gasteiger partial charge in [0.25, 0.3) is 0 Å². The van der Waals surface area contributed by atoms with Crippen LogP contribution in [0.4, 0.5) is 0 Å². The third-order valence-corrected chi connectivity index (χ3v) is 10.8. The Labute approximate surface area is 316 Å². The molecule has 0 aliphatic carbocycles. The maximum Gasteiger partial charge on any atom is 0.472 e. The molecule has 9 heteroatoms. The molecule has 0 aliphatic heterocycles. The zero-order valence-electron chi connectivity index (χ0n) is 33.9. The zero-order valence-corrected chi connectivity index (χ0v) is 34.8. The van der Waals surface area contributed by atoms with Gasteiger partial charge in [-0.3, -0.25) is 13.8 Å². The van der Waals surface area contributed by atoms with E-state index in [-0.39, 0.29) is 32.3 Å². The molecule has 3 N–H and O–H groups in total. The smallest absolute Gasteiger partial charge is 0.457 e. The molecular formula is C42H86NO7P. The Hall–Kier alpha value is -0.500. The number of carbonyl (C=O) groups excluding carboxylic acids is 1. The quantitative estimate of drug-likeness (QED) is 0.0360. The summed E-state index contributed by atoms with van der Waals surface area (Å²) in [6, 6.07) is 0. The Bertz CT molecular complexity index is 757. The Morgan fingerprint density at radius 2 is 0.863 bits per heavy atom. The number of hydrogen-bond donors (Lipinski definition) is 2. The van der Waals surface area contributed by atoms with Crippen LogP contribution >= 0.6 is 7.82 Å². The first kappa shape index (κ1) is 50.5. The summed E-state index contributed by atoms with van der Waals surface area (Å²) in [5.41, 5.74) is 5.35. The van der Waals surface area contributed by atoms with Crippen molar-refractivity contribution in [3.8, 4) is 0 Å². The molecule has 0 heterocycles. The van der Waals surface area contributed by atoms with E-state index in [2.05, 4.69) is 13.8 Å². The van der Waals surface area contributed by atoms with Crippen LogP contribution in [0.15, 0.2) is 0 Å². The summed E-state index contributed by atoms with van der Waals surface area (Å²) >= 11 is 0. The molecule has 306 valence electrons. The van der Waals surface area contributed by atoms with Crippen molar-refractivity contribution in [2.75, 3.05) is 33.0 Å². The van der Waals surface area contributed by atoms with Crippen LogP contribution in [0.25, 0.3) is 0 Å². The van der Waals surface area contributed by atoms with Crippen LogP contribution in [0.1, 0.15) is 226 Å². The van der Waals surface area contributed by atoms with E-state index in [9.17, 15) is 14.3 Å². The van der Waals surface area contributed by atoms with Gasteiger partial charge < -0.3 is 20.1 Å². The van der Waals surface area contributed by atoms with Crippen LogP contribution in [0.2, 0.25) is 0 Å². The van der Waals surface area contributed by atoms with Gasteiger partial charge in [-0.25, -0.2) is 4.57 Å². The monoisotopic (exact) mass is 748 g/mol. The Morgan fingerprint density at radius 1 is 0.510 bits per heavy atom. The molecule has 8 nitrogen and oxygen atoms in total. The number of hydrogen-bond acceptors (Lipinski definition) is 7. The average molecular weight is 748 g/mol. The highest BCUT2D eigenvalue weighted by molar-refractivity contribution is 7.47. The van der Waals surface area contributed by atoms with Gasteiger partial charge in [-0.05, 0) is 12.8 Å². The number of phosphoric ester groups is 1. The van der Waals surface area contributed by atoms with E-state index >= 15 is 0 Å². The highest BCUT2D eigenvalue weighted by Gasteiger charge is 2.25. The summed E-state index contributed by atoms with van der Waals surface area (Å²) in [5, 5.41) is 0. The Morgan fingerprint density at radius 3 is 1.24 bits per heavy atom. The van der Waals surface area contributed by atoms with Gasteiger partial charge in [-0.2, -0.15) is 0 Å². The number of carbonyl (C=O) groups is 1. The fourth-order valence-corrected chi connectivity index (χ4v) is 7.29. The SMILES string of the molecule is CCCCCCCCCCCCCCCCCCCCCCCCCCOCC(COP(=O)(O)OCCN)OC(=O)CCCCCCCCCC. The molecule has 0 radical (unpaired) electrons. The van der Waals surface area contributed by atoms with Gasteiger partial charge in [-0.15, -0.1) is 0 Å². The first-order valence-corrected chi connectivity index (χ1v) is 23.5. The van der Waals surface area contributed by atoms with Crippen LogP contribution in [0.3, 0.4) is 0 Å². The van der Waals surface area contributed by atoms with Gasteiger partial charge in [0.1, 0.15) is 6.10 Å². The molecule has 0 amide bonds. The molecule has 0 saturated carbocycles. The second-order valence-corrected chi connectivity index (χ2v) is 16.4. The fraction of sp³-hybridized carbons (Fsp3) is 0.976. The number of rotatable bonds is 43. The van der Waals surface area contributed by atoms with Crippen LogP contribution < -0.4 is 5.73 Å². The Balaban J connectivity index is 3.77. The first-order chi connectivity index (χ1) is 24.9. The maximum absolute atomic E-state index is 12.5. The molecule has 0 saturated heterocycles. The number of esters is 1. The lowest BCUT2D eigenvalue weighted by Gasteiger charge is -2.20. The van der Waals surface area contributed by atoms with Crippen LogP contribution in [0, 0.1) is 0 Å². The fourth-order valence-electron chi connectivity index (χ4n) is 6.53. The summed E-state index contributed by atoms with van der Waals surface area (Å²) in [5.74, 6) is -0.330. The molecule has 0 rings (SSSR count). The van der Waals surface area contributed by atoms with Gasteiger partial charge in [0.2, 0.25) is 0 Å². The van der Waals surface area contributed by atoms with E-state index < -0.39 is 13.9 Å². The topological polar surface area (TPSA) is 117 Å². The molecular weight excluding hydrogens is 661 g/mol. The molecule has 2 atom stereocenters. The maximum atomic E-state index is 12.5. The Kier molecular flexibility index (Phi) is 40.3. The van der Waals surface area contributed by atoms with Crippen molar-refractivity contribution in [2.45, 2.75) is 232 Å². The number of ether oxygens (including phenoxy) is 2. The van der Waals surface area contributed by atoms with Crippen LogP contribution in [-0.4, -0.2) is 49.9 Å². The summed E-state index contributed by atoms with van der Waals surface area (Å²) in [7, 11) is -4.26. The van der Waals surface area contributed by atoms with Crippen molar-refractivity contribution in [2.24, 2.45) is 5.73 Å². The second kappa shape index (κ2) is 40.7. The van der Waals surface area contributed by atoms with Crippen LogP contribution in [-0.2, 0) is 27.9 Å². The van der Waals surface area contributed by atoms with E-state index in [0.717, 1.165) is 32.1 Å². The molecule has 0 fully saturated rings. The third kappa shape index (κ3) is 40.5. The van der Waals surface area contributed by atoms with E-state index in [1.54, 1.807) is 0 Å². The third-order valence-electron chi connectivity index (χ3n) is 9.77. The largest absolute Gasteiger partial charge is 0.472 e. The predicted molar refractivity (Wildman–Crippen MR) is 215 cm³/mol. The highest BCUT2D eigenvalue weighted by Crippen LogP contribution is 2.43. The molecule has 2 unspecified atom stereocenters. The van der Waals surface area contributed by atoms with Crippen molar-refractivity contribution < 1.29 is 32.8 Å². The van der Waals surface area contributed by atoms with Crippen molar-refractivity contribution in [3.05, 3.63) is 0 Å². The van der Waals surface area contributed by atoms with Gasteiger partial charge in [0.05, 0.1) is 19.8 Å². The van der Waals surface area contributed by atoms with Crippen molar-refractivity contribution in [3.63, 3.8) is 0 Å². The molecule has 0 aromatic heterocycles. The van der Waals surface area contributed by atoms with Gasteiger partial charge in [0.15, 0.2) is 0 Å². The minimum Gasteiger partial charge on any atom is -0.457 e. The summed E-state index contributed by atoms with van der Waals surface area (Å²) in [4.78, 5) is 22.3.